The highest BCUT2D eigenvalue weighted by atomic mass is 19.1. The Labute approximate surface area is 118 Å². The standard InChI is InChI=1S/C15H18FN3O/c1-3-20-15-10-14(18-11(2)19-15)17-9-8-12-4-6-13(16)7-5-12/h4-7,10H,3,8-9H2,1-2H3,(H,17,18,19). The summed E-state index contributed by atoms with van der Waals surface area (Å²) in [4.78, 5) is 8.48. The van der Waals surface area contributed by atoms with Crippen molar-refractivity contribution in [3.05, 3.63) is 47.5 Å². The number of aromatic nitrogens is 2. The van der Waals surface area contributed by atoms with E-state index in [1.54, 1.807) is 18.2 Å². The summed E-state index contributed by atoms with van der Waals surface area (Å²) in [7, 11) is 0. The van der Waals surface area contributed by atoms with E-state index in [-0.39, 0.29) is 5.82 Å². The Morgan fingerprint density at radius 2 is 1.95 bits per heavy atom. The maximum absolute atomic E-state index is 12.8. The maximum Gasteiger partial charge on any atom is 0.218 e. The zero-order chi connectivity index (χ0) is 14.4. The van der Waals surface area contributed by atoms with Crippen molar-refractivity contribution in [2.75, 3.05) is 18.5 Å². The van der Waals surface area contributed by atoms with E-state index in [1.807, 2.05) is 13.8 Å². The van der Waals surface area contributed by atoms with Crippen molar-refractivity contribution < 1.29 is 9.13 Å². The first kappa shape index (κ1) is 14.2. The van der Waals surface area contributed by atoms with E-state index >= 15 is 0 Å². The van der Waals surface area contributed by atoms with Gasteiger partial charge in [-0.05, 0) is 38.0 Å². The number of nitrogens with one attached hydrogen (secondary N) is 1. The molecule has 0 spiro atoms. The topological polar surface area (TPSA) is 47.0 Å². The van der Waals surface area contributed by atoms with Crippen LogP contribution in [0.5, 0.6) is 5.88 Å². The number of anilines is 1. The van der Waals surface area contributed by atoms with Gasteiger partial charge in [0.05, 0.1) is 6.61 Å². The monoisotopic (exact) mass is 275 g/mol. The highest BCUT2D eigenvalue weighted by molar-refractivity contribution is 5.38. The number of hydrogen-bond acceptors (Lipinski definition) is 4. The summed E-state index contributed by atoms with van der Waals surface area (Å²) >= 11 is 0. The van der Waals surface area contributed by atoms with Crippen molar-refractivity contribution in [1.82, 2.24) is 9.97 Å². The Kier molecular flexibility index (Phi) is 4.87. The Balaban J connectivity index is 1.91. The lowest BCUT2D eigenvalue weighted by molar-refractivity contribution is 0.325. The summed E-state index contributed by atoms with van der Waals surface area (Å²) in [5.74, 6) is 1.77. The summed E-state index contributed by atoms with van der Waals surface area (Å²) < 4.78 is 18.2. The van der Waals surface area contributed by atoms with Gasteiger partial charge in [-0.1, -0.05) is 12.1 Å². The highest BCUT2D eigenvalue weighted by Crippen LogP contribution is 2.13. The molecule has 1 N–H and O–H groups in total. The largest absolute Gasteiger partial charge is 0.478 e. The predicted octanol–water partition coefficient (Wildman–Crippen LogP) is 2.98. The lowest BCUT2D eigenvalue weighted by atomic mass is 10.1. The predicted molar refractivity (Wildman–Crippen MR) is 76.5 cm³/mol. The Morgan fingerprint density at radius 3 is 2.65 bits per heavy atom. The fourth-order valence-electron chi connectivity index (χ4n) is 1.84. The number of ether oxygens (including phenoxy) is 1. The molecule has 5 heteroatoms. The SMILES string of the molecule is CCOc1cc(NCCc2ccc(F)cc2)nc(C)n1. The van der Waals surface area contributed by atoms with Gasteiger partial charge in [-0.2, -0.15) is 4.98 Å². The highest BCUT2D eigenvalue weighted by Gasteiger charge is 2.02. The molecule has 2 aromatic rings. The Bertz CT molecular complexity index is 558. The van der Waals surface area contributed by atoms with Crippen LogP contribution in [0.3, 0.4) is 0 Å². The van der Waals surface area contributed by atoms with E-state index in [9.17, 15) is 4.39 Å². The van der Waals surface area contributed by atoms with Gasteiger partial charge in [-0.15, -0.1) is 0 Å². The molecule has 0 aliphatic heterocycles. The molecule has 1 aromatic carbocycles. The minimum Gasteiger partial charge on any atom is -0.478 e. The summed E-state index contributed by atoms with van der Waals surface area (Å²) in [5.41, 5.74) is 1.08. The van der Waals surface area contributed by atoms with Crippen LogP contribution in [-0.2, 0) is 6.42 Å². The van der Waals surface area contributed by atoms with Crippen molar-refractivity contribution in [3.63, 3.8) is 0 Å². The normalized spacial score (nSPS) is 10.3. The van der Waals surface area contributed by atoms with Gasteiger partial charge in [0.15, 0.2) is 0 Å². The second kappa shape index (κ2) is 6.84. The molecule has 4 nitrogen and oxygen atoms in total. The first-order chi connectivity index (χ1) is 9.67. The fraction of sp³-hybridized carbons (Fsp3) is 0.333. The van der Waals surface area contributed by atoms with Crippen molar-refractivity contribution in [2.45, 2.75) is 20.3 Å². The quantitative estimate of drug-likeness (QED) is 0.880. The summed E-state index contributed by atoms with van der Waals surface area (Å²) in [6, 6.07) is 8.29. The zero-order valence-electron chi connectivity index (χ0n) is 11.7. The number of aryl methyl sites for hydroxylation is 1. The van der Waals surface area contributed by atoms with Crippen LogP contribution < -0.4 is 10.1 Å². The van der Waals surface area contributed by atoms with Crippen LogP contribution in [0, 0.1) is 12.7 Å². The maximum atomic E-state index is 12.8. The molecule has 2 rings (SSSR count). The van der Waals surface area contributed by atoms with Crippen molar-refractivity contribution in [2.24, 2.45) is 0 Å². The molecular formula is C15H18FN3O. The minimum absolute atomic E-state index is 0.213. The zero-order valence-corrected chi connectivity index (χ0v) is 11.7. The molecule has 0 saturated heterocycles. The molecule has 0 unspecified atom stereocenters. The smallest absolute Gasteiger partial charge is 0.218 e. The number of nitrogens with zero attached hydrogens (tertiary/aromatic N) is 2. The van der Waals surface area contributed by atoms with E-state index in [1.165, 1.54) is 12.1 Å². The number of hydrogen-bond donors (Lipinski definition) is 1. The molecule has 0 radical (unpaired) electrons. The van der Waals surface area contributed by atoms with E-state index in [4.69, 9.17) is 4.74 Å². The number of halogens is 1. The molecule has 0 fully saturated rings. The molecule has 0 aliphatic carbocycles. The number of rotatable bonds is 6. The van der Waals surface area contributed by atoms with E-state index in [2.05, 4.69) is 15.3 Å². The average molecular weight is 275 g/mol. The van der Waals surface area contributed by atoms with E-state index < -0.39 is 0 Å². The molecule has 0 bridgehead atoms. The lowest BCUT2D eigenvalue weighted by Gasteiger charge is -2.08. The molecule has 1 aromatic heterocycles. The van der Waals surface area contributed by atoms with Gasteiger partial charge in [-0.3, -0.25) is 0 Å². The first-order valence-electron chi connectivity index (χ1n) is 6.64. The average Bonchev–Trinajstić information content (AvgIpc) is 2.41. The molecule has 1 heterocycles. The van der Waals surface area contributed by atoms with Gasteiger partial charge >= 0.3 is 0 Å². The fourth-order valence-corrected chi connectivity index (χ4v) is 1.84. The van der Waals surface area contributed by atoms with Crippen LogP contribution in [0.25, 0.3) is 0 Å². The summed E-state index contributed by atoms with van der Waals surface area (Å²) in [6.45, 7) is 5.03. The van der Waals surface area contributed by atoms with Crippen molar-refractivity contribution in [1.29, 1.82) is 0 Å². The van der Waals surface area contributed by atoms with Crippen LogP contribution in [0.4, 0.5) is 10.2 Å². The second-order valence-electron chi connectivity index (χ2n) is 4.37. The third-order valence-corrected chi connectivity index (χ3v) is 2.74. The molecule has 0 saturated carbocycles. The van der Waals surface area contributed by atoms with Gasteiger partial charge in [0, 0.05) is 12.6 Å². The van der Waals surface area contributed by atoms with Crippen molar-refractivity contribution in [3.8, 4) is 5.88 Å². The van der Waals surface area contributed by atoms with E-state index in [0.29, 0.717) is 24.9 Å². The number of benzene rings is 1. The van der Waals surface area contributed by atoms with Crippen molar-refractivity contribution >= 4 is 5.82 Å². The van der Waals surface area contributed by atoms with Gasteiger partial charge in [0.1, 0.15) is 17.5 Å². The Hall–Kier alpha value is -2.17. The first-order valence-corrected chi connectivity index (χ1v) is 6.64. The van der Waals surface area contributed by atoms with Crippen LogP contribution in [0.15, 0.2) is 30.3 Å². The third-order valence-electron chi connectivity index (χ3n) is 2.74. The van der Waals surface area contributed by atoms with Crippen LogP contribution in [-0.4, -0.2) is 23.1 Å². The van der Waals surface area contributed by atoms with Crippen LogP contribution in [0.1, 0.15) is 18.3 Å². The molecule has 0 aliphatic rings. The molecule has 0 atom stereocenters. The van der Waals surface area contributed by atoms with Crippen LogP contribution >= 0.6 is 0 Å². The van der Waals surface area contributed by atoms with Gasteiger partial charge in [0.25, 0.3) is 0 Å². The third kappa shape index (κ3) is 4.19. The van der Waals surface area contributed by atoms with Crippen LogP contribution in [0.2, 0.25) is 0 Å². The second-order valence-corrected chi connectivity index (χ2v) is 4.37. The molecule has 0 amide bonds. The molecule has 20 heavy (non-hydrogen) atoms. The van der Waals surface area contributed by atoms with Gasteiger partial charge in [-0.25, -0.2) is 9.37 Å². The summed E-state index contributed by atoms with van der Waals surface area (Å²) in [5, 5.41) is 3.22. The molecule has 106 valence electrons. The molecular weight excluding hydrogens is 257 g/mol. The summed E-state index contributed by atoms with van der Waals surface area (Å²) in [6.07, 6.45) is 0.799. The van der Waals surface area contributed by atoms with Gasteiger partial charge in [0.2, 0.25) is 5.88 Å². The lowest BCUT2D eigenvalue weighted by Crippen LogP contribution is -2.08. The van der Waals surface area contributed by atoms with Gasteiger partial charge < -0.3 is 10.1 Å². The minimum atomic E-state index is -0.213. The Morgan fingerprint density at radius 1 is 1.20 bits per heavy atom. The van der Waals surface area contributed by atoms with E-state index in [0.717, 1.165) is 17.8 Å².